The van der Waals surface area contributed by atoms with E-state index >= 15 is 0 Å². The highest BCUT2D eigenvalue weighted by molar-refractivity contribution is 6.30. The molecular weight excluding hydrogens is 446 g/mol. The largest absolute Gasteiger partial charge is 0.477 e. The Morgan fingerprint density at radius 1 is 1.06 bits per heavy atom. The molecule has 0 saturated heterocycles. The number of hydrogen-bond acceptors (Lipinski definition) is 4. The van der Waals surface area contributed by atoms with Crippen LogP contribution in [0.25, 0.3) is 6.08 Å². The van der Waals surface area contributed by atoms with Gasteiger partial charge in [0.25, 0.3) is 0 Å². The number of ketones is 1. The van der Waals surface area contributed by atoms with Gasteiger partial charge in [0.1, 0.15) is 18.2 Å². The summed E-state index contributed by atoms with van der Waals surface area (Å²) in [6, 6.07) is 18.1. The third-order valence-corrected chi connectivity index (χ3v) is 6.78. The number of hydrogen-bond donors (Lipinski definition) is 0. The van der Waals surface area contributed by atoms with Crippen LogP contribution in [0.4, 0.5) is 0 Å². The lowest BCUT2D eigenvalue weighted by Gasteiger charge is -2.30. The van der Waals surface area contributed by atoms with Gasteiger partial charge in [-0.3, -0.25) is 9.69 Å². The Labute approximate surface area is 205 Å². The van der Waals surface area contributed by atoms with E-state index in [-0.39, 0.29) is 5.78 Å². The molecule has 174 valence electrons. The summed E-state index contributed by atoms with van der Waals surface area (Å²) in [5, 5.41) is 0.746. The van der Waals surface area contributed by atoms with Crippen LogP contribution in [-0.2, 0) is 13.0 Å². The number of fused-ring (bicyclic) bond motifs is 2. The minimum atomic E-state index is -0.0767. The number of nitrogens with zero attached hydrogens (tertiary/aromatic N) is 1. The molecule has 2 aliphatic heterocycles. The average molecular weight is 474 g/mol. The Kier molecular flexibility index (Phi) is 6.20. The van der Waals surface area contributed by atoms with Crippen LogP contribution in [0.1, 0.15) is 57.9 Å². The molecule has 2 heterocycles. The lowest BCUT2D eigenvalue weighted by Crippen LogP contribution is -2.34. The summed E-state index contributed by atoms with van der Waals surface area (Å²) in [5.74, 6) is 2.19. The number of carbonyl (C=O) groups excluding carboxylic acids is 1. The molecule has 0 aromatic heterocycles. The van der Waals surface area contributed by atoms with E-state index in [2.05, 4.69) is 43.0 Å². The maximum Gasteiger partial charge on any atom is 0.231 e. The number of Topliss-reactive ketones (excluding diaryl/α,β-unsaturated/α-hetero) is 1. The van der Waals surface area contributed by atoms with Crippen LogP contribution in [0.15, 0.2) is 60.4 Å². The number of benzene rings is 3. The minimum absolute atomic E-state index is 0.0767. The molecule has 5 heteroatoms. The summed E-state index contributed by atoms with van der Waals surface area (Å²) in [6.45, 7) is 8.41. The van der Waals surface area contributed by atoms with Crippen molar-refractivity contribution in [1.82, 2.24) is 4.90 Å². The van der Waals surface area contributed by atoms with Gasteiger partial charge in [0.05, 0.1) is 5.56 Å². The SMILES string of the molecule is Cc1c2c(cc3c1O/C(=C\c1ccc(C(C)C)cc1)C3=O)CN(CCc1ccc(Cl)cc1)CO2. The van der Waals surface area contributed by atoms with E-state index in [4.69, 9.17) is 21.1 Å². The van der Waals surface area contributed by atoms with Gasteiger partial charge in [-0.15, -0.1) is 0 Å². The fourth-order valence-electron chi connectivity index (χ4n) is 4.51. The second kappa shape index (κ2) is 9.28. The molecule has 4 nitrogen and oxygen atoms in total. The van der Waals surface area contributed by atoms with Crippen molar-refractivity contribution in [1.29, 1.82) is 0 Å². The molecule has 0 amide bonds. The zero-order valence-electron chi connectivity index (χ0n) is 19.7. The highest BCUT2D eigenvalue weighted by Crippen LogP contribution is 2.43. The number of rotatable bonds is 5. The van der Waals surface area contributed by atoms with Crippen molar-refractivity contribution in [3.05, 3.63) is 98.8 Å². The number of allylic oxidation sites excluding steroid dienone is 1. The van der Waals surface area contributed by atoms with Gasteiger partial charge >= 0.3 is 0 Å². The molecule has 3 aromatic rings. The summed E-state index contributed by atoms with van der Waals surface area (Å²) in [5.41, 5.74) is 5.98. The molecule has 2 aliphatic rings. The molecule has 0 saturated carbocycles. The van der Waals surface area contributed by atoms with Gasteiger partial charge in [-0.1, -0.05) is 61.8 Å². The average Bonchev–Trinajstić information content (AvgIpc) is 3.14. The zero-order valence-corrected chi connectivity index (χ0v) is 20.5. The van der Waals surface area contributed by atoms with Crippen molar-refractivity contribution in [2.45, 2.75) is 39.7 Å². The van der Waals surface area contributed by atoms with Crippen molar-refractivity contribution in [3.63, 3.8) is 0 Å². The van der Waals surface area contributed by atoms with Gasteiger partial charge < -0.3 is 9.47 Å². The second-order valence-electron chi connectivity index (χ2n) is 9.33. The van der Waals surface area contributed by atoms with Crippen LogP contribution in [0.5, 0.6) is 11.5 Å². The molecule has 0 atom stereocenters. The van der Waals surface area contributed by atoms with E-state index in [0.29, 0.717) is 29.7 Å². The van der Waals surface area contributed by atoms with Crippen LogP contribution < -0.4 is 9.47 Å². The van der Waals surface area contributed by atoms with Crippen LogP contribution in [0.2, 0.25) is 5.02 Å². The van der Waals surface area contributed by atoms with Crippen molar-refractivity contribution in [2.24, 2.45) is 0 Å². The van der Waals surface area contributed by atoms with Gasteiger partial charge in [0.2, 0.25) is 5.78 Å². The van der Waals surface area contributed by atoms with Crippen molar-refractivity contribution in [2.75, 3.05) is 13.3 Å². The third-order valence-electron chi connectivity index (χ3n) is 6.53. The summed E-state index contributed by atoms with van der Waals surface area (Å²) in [7, 11) is 0. The van der Waals surface area contributed by atoms with Gasteiger partial charge in [0, 0.05) is 29.2 Å². The molecular formula is C29H28ClNO3. The van der Waals surface area contributed by atoms with Crippen molar-refractivity contribution >= 4 is 23.5 Å². The van der Waals surface area contributed by atoms with E-state index < -0.39 is 0 Å². The molecule has 0 spiro atoms. The topological polar surface area (TPSA) is 38.8 Å². The molecule has 0 bridgehead atoms. The highest BCUT2D eigenvalue weighted by atomic mass is 35.5. The Hall–Kier alpha value is -3.08. The smallest absolute Gasteiger partial charge is 0.231 e. The zero-order chi connectivity index (χ0) is 23.8. The fourth-order valence-corrected chi connectivity index (χ4v) is 4.63. The quantitative estimate of drug-likeness (QED) is 0.383. The van der Waals surface area contributed by atoms with Gasteiger partial charge in [-0.2, -0.15) is 0 Å². The van der Waals surface area contributed by atoms with Crippen molar-refractivity contribution < 1.29 is 14.3 Å². The summed E-state index contributed by atoms with van der Waals surface area (Å²) in [6.07, 6.45) is 2.73. The standard InChI is InChI=1S/C29H28ClNO3/c1-18(2)22-8-4-21(5-9-22)14-26-27(32)25-15-23-16-31(13-12-20-6-10-24(30)11-7-20)17-33-28(23)19(3)29(25)34-26/h4-11,14-15,18H,12-13,16-17H2,1-3H3/b26-14-. The minimum Gasteiger partial charge on any atom is -0.477 e. The molecule has 0 aliphatic carbocycles. The highest BCUT2D eigenvalue weighted by Gasteiger charge is 2.33. The molecule has 0 fully saturated rings. The first kappa shape index (κ1) is 22.7. The number of ether oxygens (including phenoxy) is 2. The fraction of sp³-hybridized carbons (Fsp3) is 0.276. The van der Waals surface area contributed by atoms with E-state index in [1.165, 1.54) is 11.1 Å². The van der Waals surface area contributed by atoms with Crippen molar-refractivity contribution in [3.8, 4) is 11.5 Å². The van der Waals surface area contributed by atoms with E-state index in [1.807, 2.05) is 43.3 Å². The predicted octanol–water partition coefficient (Wildman–Crippen LogP) is 6.78. The van der Waals surface area contributed by atoms with E-state index in [9.17, 15) is 4.79 Å². The van der Waals surface area contributed by atoms with Crippen LogP contribution in [-0.4, -0.2) is 24.0 Å². The number of halogens is 1. The van der Waals surface area contributed by atoms with Gasteiger partial charge in [-0.05, 0) is 60.2 Å². The summed E-state index contributed by atoms with van der Waals surface area (Å²) >= 11 is 5.99. The Morgan fingerprint density at radius 3 is 2.50 bits per heavy atom. The van der Waals surface area contributed by atoms with E-state index in [1.54, 1.807) is 0 Å². The lowest BCUT2D eigenvalue weighted by atomic mass is 9.99. The molecule has 3 aromatic carbocycles. The predicted molar refractivity (Wildman–Crippen MR) is 136 cm³/mol. The maximum atomic E-state index is 13.2. The lowest BCUT2D eigenvalue weighted by molar-refractivity contribution is 0.0954. The molecule has 0 N–H and O–H groups in total. The molecule has 34 heavy (non-hydrogen) atoms. The summed E-state index contributed by atoms with van der Waals surface area (Å²) in [4.78, 5) is 15.4. The Morgan fingerprint density at radius 2 is 1.79 bits per heavy atom. The molecule has 0 unspecified atom stereocenters. The van der Waals surface area contributed by atoms with Gasteiger partial charge in [-0.25, -0.2) is 0 Å². The Balaban J connectivity index is 1.33. The first-order valence-corrected chi connectivity index (χ1v) is 12.1. The van der Waals surface area contributed by atoms with Crippen LogP contribution in [0.3, 0.4) is 0 Å². The normalized spacial score (nSPS) is 16.4. The van der Waals surface area contributed by atoms with Crippen LogP contribution in [0, 0.1) is 6.92 Å². The molecule has 0 radical (unpaired) electrons. The summed E-state index contributed by atoms with van der Waals surface area (Å²) < 4.78 is 12.2. The first-order valence-electron chi connectivity index (χ1n) is 11.7. The number of carbonyl (C=O) groups is 1. The third kappa shape index (κ3) is 4.48. The van der Waals surface area contributed by atoms with Crippen LogP contribution >= 0.6 is 11.6 Å². The monoisotopic (exact) mass is 473 g/mol. The first-order chi connectivity index (χ1) is 16.4. The van der Waals surface area contributed by atoms with Gasteiger partial charge in [0.15, 0.2) is 5.76 Å². The Bertz CT molecular complexity index is 1260. The van der Waals surface area contributed by atoms with E-state index in [0.717, 1.165) is 47.0 Å². The maximum absolute atomic E-state index is 13.2. The molecule has 5 rings (SSSR count). The second-order valence-corrected chi connectivity index (χ2v) is 9.77.